The summed E-state index contributed by atoms with van der Waals surface area (Å²) in [7, 11) is 3.99. The van der Waals surface area contributed by atoms with Gasteiger partial charge in [0.25, 0.3) is 0 Å². The molecule has 1 aliphatic rings. The number of anilines is 2. The third-order valence-corrected chi connectivity index (χ3v) is 3.97. The van der Waals surface area contributed by atoms with Crippen LogP contribution in [0.1, 0.15) is 19.3 Å². The van der Waals surface area contributed by atoms with Crippen molar-refractivity contribution < 1.29 is 9.18 Å². The third kappa shape index (κ3) is 4.75. The predicted molar refractivity (Wildman–Crippen MR) is 87.8 cm³/mol. The smallest absolute Gasteiger partial charge is 0.222 e. The number of rotatable bonds is 7. The number of hydrogen-bond acceptors (Lipinski definition) is 6. The molecule has 0 spiro atoms. The van der Waals surface area contributed by atoms with Gasteiger partial charge < -0.3 is 20.9 Å². The summed E-state index contributed by atoms with van der Waals surface area (Å²) in [5.74, 6) is -0.626. The molecule has 1 fully saturated rings. The van der Waals surface area contributed by atoms with Crippen molar-refractivity contribution in [3.63, 3.8) is 0 Å². The minimum atomic E-state index is -0.470. The average Bonchev–Trinajstić information content (AvgIpc) is 2.53. The van der Waals surface area contributed by atoms with Crippen molar-refractivity contribution in [2.45, 2.75) is 19.3 Å². The molecule has 1 unspecified atom stereocenters. The molecule has 7 nitrogen and oxygen atoms in total. The highest BCUT2D eigenvalue weighted by Gasteiger charge is 2.27. The molecular formula is C15H25FN6O. The number of halogens is 1. The molecular weight excluding hydrogens is 299 g/mol. The summed E-state index contributed by atoms with van der Waals surface area (Å²) in [5.41, 5.74) is 5.37. The molecule has 1 saturated heterocycles. The number of piperidine rings is 1. The van der Waals surface area contributed by atoms with Gasteiger partial charge in [-0.1, -0.05) is 0 Å². The van der Waals surface area contributed by atoms with Gasteiger partial charge in [-0.05, 0) is 39.9 Å². The lowest BCUT2D eigenvalue weighted by molar-refractivity contribution is -0.122. The van der Waals surface area contributed by atoms with Crippen molar-refractivity contribution in [1.29, 1.82) is 0 Å². The van der Waals surface area contributed by atoms with E-state index in [-0.39, 0.29) is 23.5 Å². The second-order valence-electron chi connectivity index (χ2n) is 6.13. The van der Waals surface area contributed by atoms with Crippen molar-refractivity contribution in [1.82, 2.24) is 14.9 Å². The highest BCUT2D eigenvalue weighted by Crippen LogP contribution is 2.26. The second-order valence-corrected chi connectivity index (χ2v) is 6.13. The van der Waals surface area contributed by atoms with Gasteiger partial charge in [0.05, 0.1) is 5.92 Å². The van der Waals surface area contributed by atoms with Gasteiger partial charge >= 0.3 is 0 Å². The highest BCUT2D eigenvalue weighted by atomic mass is 19.1. The first-order valence-corrected chi connectivity index (χ1v) is 7.92. The minimum Gasteiger partial charge on any atom is -0.369 e. The normalized spacial score (nSPS) is 18.3. The number of carbonyl (C=O) groups is 1. The van der Waals surface area contributed by atoms with Crippen LogP contribution in [0.4, 0.5) is 16.0 Å². The van der Waals surface area contributed by atoms with Crippen LogP contribution >= 0.6 is 0 Å². The number of primary amides is 1. The van der Waals surface area contributed by atoms with Crippen LogP contribution in [0, 0.1) is 11.7 Å². The molecule has 0 radical (unpaired) electrons. The monoisotopic (exact) mass is 324 g/mol. The van der Waals surface area contributed by atoms with Crippen LogP contribution in [0.5, 0.6) is 0 Å². The molecule has 0 bridgehead atoms. The maximum atomic E-state index is 14.6. The number of hydrogen-bond donors (Lipinski definition) is 2. The van der Waals surface area contributed by atoms with Crippen molar-refractivity contribution in [3.05, 3.63) is 12.1 Å². The van der Waals surface area contributed by atoms with Gasteiger partial charge in [-0.3, -0.25) is 4.79 Å². The first kappa shape index (κ1) is 17.4. The van der Waals surface area contributed by atoms with Crippen molar-refractivity contribution in [3.8, 4) is 0 Å². The van der Waals surface area contributed by atoms with Crippen LogP contribution in [-0.2, 0) is 4.79 Å². The summed E-state index contributed by atoms with van der Waals surface area (Å²) >= 11 is 0. The Kier molecular flexibility index (Phi) is 6.09. The number of nitrogens with one attached hydrogen (secondary N) is 1. The zero-order chi connectivity index (χ0) is 16.8. The van der Waals surface area contributed by atoms with E-state index in [1.165, 1.54) is 6.33 Å². The van der Waals surface area contributed by atoms with Crippen LogP contribution in [0.15, 0.2) is 6.33 Å². The van der Waals surface area contributed by atoms with Gasteiger partial charge in [-0.25, -0.2) is 9.97 Å². The lowest BCUT2D eigenvalue weighted by Gasteiger charge is -2.32. The van der Waals surface area contributed by atoms with E-state index in [1.54, 1.807) is 4.90 Å². The zero-order valence-electron chi connectivity index (χ0n) is 13.8. The van der Waals surface area contributed by atoms with E-state index in [4.69, 9.17) is 5.73 Å². The van der Waals surface area contributed by atoms with Crippen molar-refractivity contribution in [2.75, 3.05) is 50.5 Å². The fourth-order valence-corrected chi connectivity index (χ4v) is 2.71. The number of aromatic nitrogens is 2. The number of carbonyl (C=O) groups excluding carboxylic acids is 1. The van der Waals surface area contributed by atoms with Gasteiger partial charge in [0, 0.05) is 19.6 Å². The Hall–Kier alpha value is -1.96. The fraction of sp³-hybridized carbons (Fsp3) is 0.667. The Bertz CT molecular complexity index is 539. The molecule has 0 saturated carbocycles. The maximum Gasteiger partial charge on any atom is 0.222 e. The third-order valence-electron chi connectivity index (χ3n) is 3.97. The van der Waals surface area contributed by atoms with Crippen LogP contribution in [-0.4, -0.2) is 61.0 Å². The molecule has 2 heterocycles. The van der Waals surface area contributed by atoms with E-state index >= 15 is 0 Å². The molecule has 8 heteroatoms. The summed E-state index contributed by atoms with van der Waals surface area (Å²) in [4.78, 5) is 23.2. The predicted octanol–water partition coefficient (Wildman–Crippen LogP) is 0.681. The summed E-state index contributed by atoms with van der Waals surface area (Å²) in [6, 6.07) is 0. The van der Waals surface area contributed by atoms with E-state index in [0.717, 1.165) is 25.8 Å². The Morgan fingerprint density at radius 2 is 2.30 bits per heavy atom. The minimum absolute atomic E-state index is 0.204. The van der Waals surface area contributed by atoms with E-state index in [2.05, 4.69) is 20.2 Å². The van der Waals surface area contributed by atoms with E-state index in [0.29, 0.717) is 19.6 Å². The summed E-state index contributed by atoms with van der Waals surface area (Å²) < 4.78 is 14.6. The van der Waals surface area contributed by atoms with Gasteiger partial charge in [0.1, 0.15) is 6.33 Å². The lowest BCUT2D eigenvalue weighted by Crippen LogP contribution is -2.42. The summed E-state index contributed by atoms with van der Waals surface area (Å²) in [6.07, 6.45) is 3.77. The van der Waals surface area contributed by atoms with E-state index < -0.39 is 5.82 Å². The molecule has 0 aromatic carbocycles. The van der Waals surface area contributed by atoms with Crippen LogP contribution < -0.4 is 16.0 Å². The molecule has 0 aliphatic carbocycles. The van der Waals surface area contributed by atoms with Gasteiger partial charge in [0.2, 0.25) is 11.7 Å². The molecule has 1 atom stereocenters. The molecule has 2 rings (SSSR count). The van der Waals surface area contributed by atoms with Crippen LogP contribution in [0.3, 0.4) is 0 Å². The number of nitrogens with zero attached hydrogens (tertiary/aromatic N) is 4. The maximum absolute atomic E-state index is 14.6. The van der Waals surface area contributed by atoms with Crippen LogP contribution in [0.2, 0.25) is 0 Å². The Morgan fingerprint density at radius 3 is 3.00 bits per heavy atom. The van der Waals surface area contributed by atoms with Crippen LogP contribution in [0.25, 0.3) is 0 Å². The Labute approximate surface area is 136 Å². The topological polar surface area (TPSA) is 87.4 Å². The highest BCUT2D eigenvalue weighted by molar-refractivity contribution is 5.77. The number of nitrogens with two attached hydrogens (primary N) is 1. The second kappa shape index (κ2) is 8.05. The lowest BCUT2D eigenvalue weighted by atomic mass is 9.97. The Balaban J connectivity index is 2.02. The fourth-order valence-electron chi connectivity index (χ4n) is 2.71. The van der Waals surface area contributed by atoms with E-state index in [1.807, 2.05) is 14.1 Å². The molecule has 1 aromatic heterocycles. The average molecular weight is 324 g/mol. The number of amides is 1. The van der Waals surface area contributed by atoms with E-state index in [9.17, 15) is 9.18 Å². The summed E-state index contributed by atoms with van der Waals surface area (Å²) in [5, 5.41) is 3.01. The van der Waals surface area contributed by atoms with Gasteiger partial charge in [0.15, 0.2) is 11.6 Å². The molecule has 3 N–H and O–H groups in total. The first-order chi connectivity index (χ1) is 11.0. The molecule has 23 heavy (non-hydrogen) atoms. The van der Waals surface area contributed by atoms with Gasteiger partial charge in [-0.2, -0.15) is 4.39 Å². The largest absolute Gasteiger partial charge is 0.369 e. The summed E-state index contributed by atoms with van der Waals surface area (Å²) in [6.45, 7) is 2.62. The molecule has 1 aromatic rings. The first-order valence-electron chi connectivity index (χ1n) is 7.92. The van der Waals surface area contributed by atoms with Crippen molar-refractivity contribution >= 4 is 17.5 Å². The standard InChI is InChI=1S/C15H25FN6O/c1-21(2)7-4-6-18-14-12(16)15(20-10-19-14)22-8-3-5-11(9-22)13(17)23/h10-11H,3-9H2,1-2H3,(H2,17,23)(H,18,19,20). The molecule has 128 valence electrons. The quantitative estimate of drug-likeness (QED) is 0.717. The molecule has 1 aliphatic heterocycles. The Morgan fingerprint density at radius 1 is 1.52 bits per heavy atom. The van der Waals surface area contributed by atoms with Gasteiger partial charge in [-0.15, -0.1) is 0 Å². The SMILES string of the molecule is CN(C)CCCNc1ncnc(N2CCCC(C(N)=O)C2)c1F. The van der Waals surface area contributed by atoms with Crippen molar-refractivity contribution in [2.24, 2.45) is 11.7 Å². The molecule has 1 amide bonds. The zero-order valence-corrected chi connectivity index (χ0v) is 13.8.